The smallest absolute Gasteiger partial charge is 0.313 e. The molecule has 0 radical (unpaired) electrons. The third kappa shape index (κ3) is 4.40. The second-order valence-corrected chi connectivity index (χ2v) is 8.17. The van der Waals surface area contributed by atoms with Crippen LogP contribution in [0.25, 0.3) is 6.08 Å². The van der Waals surface area contributed by atoms with Crippen LogP contribution in [0.2, 0.25) is 0 Å². The lowest BCUT2D eigenvalue weighted by Crippen LogP contribution is -2.82. The molecule has 33 heavy (non-hydrogen) atoms. The van der Waals surface area contributed by atoms with Crippen molar-refractivity contribution in [2.45, 2.75) is 44.6 Å². The number of hydrogen-bond acceptors (Lipinski definition) is 5. The number of benzene rings is 2. The van der Waals surface area contributed by atoms with Crippen molar-refractivity contribution in [3.63, 3.8) is 0 Å². The first-order chi connectivity index (χ1) is 15.8. The Morgan fingerprint density at radius 2 is 1.73 bits per heavy atom. The minimum atomic E-state index is -1.73. The van der Waals surface area contributed by atoms with Gasteiger partial charge in [-0.15, -0.1) is 0 Å². The summed E-state index contributed by atoms with van der Waals surface area (Å²) in [4.78, 5) is 38.9. The van der Waals surface area contributed by atoms with E-state index in [1.54, 1.807) is 13.0 Å². The van der Waals surface area contributed by atoms with Crippen LogP contribution >= 0.6 is 0 Å². The summed E-state index contributed by atoms with van der Waals surface area (Å²) in [5.41, 5.74) is 1.72. The fourth-order valence-electron chi connectivity index (χ4n) is 4.16. The number of nitrogens with one attached hydrogen (secondary N) is 1. The molecule has 2 saturated heterocycles. The van der Waals surface area contributed by atoms with Crippen molar-refractivity contribution in [3.05, 3.63) is 77.9 Å². The van der Waals surface area contributed by atoms with E-state index in [9.17, 15) is 19.5 Å². The Hall–Kier alpha value is -3.49. The van der Waals surface area contributed by atoms with Crippen LogP contribution in [0.15, 0.2) is 66.7 Å². The van der Waals surface area contributed by atoms with E-state index in [1.807, 2.05) is 66.7 Å². The van der Waals surface area contributed by atoms with E-state index < -0.39 is 42.1 Å². The topological polar surface area (TPSA) is 105 Å². The average Bonchev–Trinajstić information content (AvgIpc) is 2.79. The summed E-state index contributed by atoms with van der Waals surface area (Å²) < 4.78 is 11.4. The molecule has 2 heterocycles. The van der Waals surface area contributed by atoms with Crippen LogP contribution in [-0.4, -0.2) is 52.1 Å². The van der Waals surface area contributed by atoms with Crippen LogP contribution in [0.4, 0.5) is 0 Å². The van der Waals surface area contributed by atoms with Gasteiger partial charge in [-0.05, 0) is 25.0 Å². The summed E-state index contributed by atoms with van der Waals surface area (Å²) >= 11 is 0. The maximum absolute atomic E-state index is 13.2. The van der Waals surface area contributed by atoms with E-state index >= 15 is 0 Å². The van der Waals surface area contributed by atoms with Crippen LogP contribution in [-0.2, 0) is 30.3 Å². The van der Waals surface area contributed by atoms with E-state index in [2.05, 4.69) is 5.32 Å². The lowest BCUT2D eigenvalue weighted by atomic mass is 9.88. The fourth-order valence-corrected chi connectivity index (χ4v) is 4.16. The first-order valence-corrected chi connectivity index (χ1v) is 10.8. The second kappa shape index (κ2) is 9.17. The lowest BCUT2D eigenvalue weighted by Gasteiger charge is -2.61. The molecule has 0 aromatic heterocycles. The summed E-state index contributed by atoms with van der Waals surface area (Å²) in [5, 5.41) is 12.4. The Labute approximate surface area is 191 Å². The highest BCUT2D eigenvalue weighted by Crippen LogP contribution is 2.45. The highest BCUT2D eigenvalue weighted by atomic mass is 16.9. The molecule has 4 rings (SSSR count). The molecule has 2 aliphatic heterocycles. The zero-order valence-corrected chi connectivity index (χ0v) is 18.4. The van der Waals surface area contributed by atoms with Gasteiger partial charge in [0.1, 0.15) is 12.0 Å². The Kier molecular flexibility index (Phi) is 6.31. The van der Waals surface area contributed by atoms with Gasteiger partial charge in [-0.2, -0.15) is 0 Å². The van der Waals surface area contributed by atoms with Gasteiger partial charge in [0, 0.05) is 0 Å². The number of rotatable bonds is 8. The second-order valence-electron chi connectivity index (χ2n) is 8.17. The molecule has 8 nitrogen and oxygen atoms in total. The maximum atomic E-state index is 13.2. The zero-order chi connectivity index (χ0) is 23.6. The number of β-lactam (4-membered cyclic amide) rings is 1. The molecule has 0 bridgehead atoms. The molecule has 2 aliphatic rings. The Bertz CT molecular complexity index is 1050. The number of likely N-dealkylation sites (tertiary alicyclic amines) is 1. The third-order valence-corrected chi connectivity index (χ3v) is 5.88. The maximum Gasteiger partial charge on any atom is 0.313 e. The molecule has 8 heteroatoms. The van der Waals surface area contributed by atoms with Gasteiger partial charge in [-0.3, -0.25) is 19.3 Å². The van der Waals surface area contributed by atoms with E-state index in [-0.39, 0.29) is 12.3 Å². The molecule has 0 spiro atoms. The molecule has 2 aromatic rings. The van der Waals surface area contributed by atoms with Crippen molar-refractivity contribution >= 4 is 23.9 Å². The molecular formula is C25H26N2O6. The van der Waals surface area contributed by atoms with Crippen molar-refractivity contribution in [2.75, 3.05) is 0 Å². The van der Waals surface area contributed by atoms with Crippen LogP contribution in [0.3, 0.4) is 0 Å². The van der Waals surface area contributed by atoms with Gasteiger partial charge in [-0.25, -0.2) is 0 Å². The SMILES string of the molecule is CC1OC(C(C)C(=O)O)(N2C(=O)[C@H](NC(=O)Cc3ccccc3)[C@@H]2C=Cc2ccccc2)O1. The number of carboxylic acid groups (broad SMARTS) is 1. The standard InChI is InChI=1S/C25H26N2O6/c1-16(24(30)31)25(32-17(2)33-25)27-20(14-13-18-9-5-3-6-10-18)22(23(27)29)26-21(28)15-19-11-7-4-8-12-19/h3-14,16-17,20,22H,15H2,1-2H3,(H,26,28)(H,30,31)/t16?,17?,20-,22+,25?/m0/s1. The van der Waals surface area contributed by atoms with Crippen LogP contribution in [0, 0.1) is 5.92 Å². The number of hydrogen-bond donors (Lipinski definition) is 2. The first-order valence-electron chi connectivity index (χ1n) is 10.8. The van der Waals surface area contributed by atoms with Gasteiger partial charge in [0.15, 0.2) is 6.29 Å². The number of ether oxygens (including phenoxy) is 2. The van der Waals surface area contributed by atoms with Crippen LogP contribution in [0.1, 0.15) is 25.0 Å². The highest BCUT2D eigenvalue weighted by molar-refractivity contribution is 5.95. The Morgan fingerprint density at radius 1 is 1.12 bits per heavy atom. The predicted octanol–water partition coefficient (Wildman–Crippen LogP) is 2.41. The number of carboxylic acids is 1. The zero-order valence-electron chi connectivity index (χ0n) is 18.4. The van der Waals surface area contributed by atoms with E-state index in [0.29, 0.717) is 0 Å². The van der Waals surface area contributed by atoms with E-state index in [0.717, 1.165) is 11.1 Å². The van der Waals surface area contributed by atoms with Crippen molar-refractivity contribution < 1.29 is 29.0 Å². The molecule has 0 aliphatic carbocycles. The molecule has 2 N–H and O–H groups in total. The molecule has 2 fully saturated rings. The van der Waals surface area contributed by atoms with Gasteiger partial charge in [0.25, 0.3) is 11.8 Å². The summed E-state index contributed by atoms with van der Waals surface area (Å²) in [6.45, 7) is 3.06. The van der Waals surface area contributed by atoms with Crippen molar-refractivity contribution in [1.29, 1.82) is 0 Å². The van der Waals surface area contributed by atoms with Gasteiger partial charge < -0.3 is 19.9 Å². The van der Waals surface area contributed by atoms with E-state index in [4.69, 9.17) is 9.47 Å². The summed E-state index contributed by atoms with van der Waals surface area (Å²) in [5.74, 6) is -4.78. The Balaban J connectivity index is 1.58. The minimum Gasteiger partial charge on any atom is -0.481 e. The predicted molar refractivity (Wildman–Crippen MR) is 119 cm³/mol. The number of carbonyl (C=O) groups is 3. The Morgan fingerprint density at radius 3 is 2.30 bits per heavy atom. The van der Waals surface area contributed by atoms with Gasteiger partial charge in [-0.1, -0.05) is 72.8 Å². The number of amides is 2. The summed E-state index contributed by atoms with van der Waals surface area (Å²) in [6, 6.07) is 17.2. The molecule has 2 amide bonds. The summed E-state index contributed by atoms with van der Waals surface area (Å²) in [7, 11) is 0. The molecule has 1 unspecified atom stereocenters. The van der Waals surface area contributed by atoms with E-state index in [1.165, 1.54) is 11.8 Å². The largest absolute Gasteiger partial charge is 0.481 e. The number of nitrogens with zero attached hydrogens (tertiary/aromatic N) is 1. The first kappa shape index (κ1) is 22.7. The van der Waals surface area contributed by atoms with Gasteiger partial charge in [0.2, 0.25) is 5.91 Å². The quantitative estimate of drug-likeness (QED) is 0.599. The molecule has 172 valence electrons. The minimum absolute atomic E-state index is 0.125. The van der Waals surface area contributed by atoms with Crippen molar-refractivity contribution in [1.82, 2.24) is 10.2 Å². The van der Waals surface area contributed by atoms with Gasteiger partial charge in [0.05, 0.1) is 12.5 Å². The monoisotopic (exact) mass is 450 g/mol. The molecule has 3 atom stereocenters. The van der Waals surface area contributed by atoms with Gasteiger partial charge >= 0.3 is 5.97 Å². The molecule has 2 aromatic carbocycles. The van der Waals surface area contributed by atoms with Crippen molar-refractivity contribution in [2.24, 2.45) is 5.92 Å². The normalized spacial score (nSPS) is 27.5. The summed E-state index contributed by atoms with van der Waals surface area (Å²) in [6.07, 6.45) is 3.06. The number of aliphatic carboxylic acids is 1. The average molecular weight is 450 g/mol. The van der Waals surface area contributed by atoms with Crippen LogP contribution < -0.4 is 5.32 Å². The molecular weight excluding hydrogens is 424 g/mol. The fraction of sp³-hybridized carbons (Fsp3) is 0.320. The van der Waals surface area contributed by atoms with Crippen LogP contribution in [0.5, 0.6) is 0 Å². The number of carbonyl (C=O) groups excluding carboxylic acids is 2. The third-order valence-electron chi connectivity index (χ3n) is 5.88. The highest BCUT2D eigenvalue weighted by Gasteiger charge is 2.66. The van der Waals surface area contributed by atoms with Crippen molar-refractivity contribution in [3.8, 4) is 0 Å². The molecule has 0 saturated carbocycles. The lowest BCUT2D eigenvalue weighted by molar-refractivity contribution is -0.506.